The van der Waals surface area contributed by atoms with E-state index in [0.29, 0.717) is 11.3 Å². The van der Waals surface area contributed by atoms with Gasteiger partial charge in [-0.05, 0) is 60.8 Å². The van der Waals surface area contributed by atoms with Gasteiger partial charge in [0.15, 0.2) is 0 Å². The maximum atomic E-state index is 6.65. The molecule has 1 aromatic rings. The lowest BCUT2D eigenvalue weighted by atomic mass is 9.64. The highest BCUT2D eigenvalue weighted by Gasteiger charge is 2.37. The first-order valence-electron chi connectivity index (χ1n) is 7.35. The van der Waals surface area contributed by atoms with Crippen molar-refractivity contribution in [2.45, 2.75) is 59.4 Å². The van der Waals surface area contributed by atoms with E-state index in [9.17, 15) is 0 Å². The Balaban J connectivity index is 2.33. The van der Waals surface area contributed by atoms with E-state index in [-0.39, 0.29) is 6.04 Å². The third-order valence-electron chi connectivity index (χ3n) is 4.93. The van der Waals surface area contributed by atoms with Crippen LogP contribution in [-0.2, 0) is 0 Å². The molecule has 0 radical (unpaired) electrons. The highest BCUT2D eigenvalue weighted by molar-refractivity contribution is 9.10. The average Bonchev–Trinajstić information content (AvgIpc) is 2.32. The Hall–Kier alpha value is -0.340. The van der Waals surface area contributed by atoms with Crippen LogP contribution in [0.5, 0.6) is 0 Å². The van der Waals surface area contributed by atoms with Crippen molar-refractivity contribution >= 4 is 15.9 Å². The highest BCUT2D eigenvalue weighted by Crippen LogP contribution is 2.46. The van der Waals surface area contributed by atoms with Crippen LogP contribution in [0.2, 0.25) is 0 Å². The van der Waals surface area contributed by atoms with Gasteiger partial charge in [-0.1, -0.05) is 48.7 Å². The van der Waals surface area contributed by atoms with Gasteiger partial charge < -0.3 is 5.73 Å². The van der Waals surface area contributed by atoms with Crippen molar-refractivity contribution in [3.8, 4) is 0 Å². The smallest absolute Gasteiger partial charge is 0.0331 e. The molecule has 1 saturated carbocycles. The van der Waals surface area contributed by atoms with E-state index in [1.165, 1.54) is 46.8 Å². The molecule has 1 aliphatic carbocycles. The molecule has 0 amide bonds. The van der Waals surface area contributed by atoms with Gasteiger partial charge in [0, 0.05) is 10.5 Å². The van der Waals surface area contributed by atoms with Gasteiger partial charge in [-0.2, -0.15) is 0 Å². The second-order valence-electron chi connectivity index (χ2n) is 6.82. The minimum atomic E-state index is 0.169. The normalized spacial score (nSPS) is 24.2. The summed E-state index contributed by atoms with van der Waals surface area (Å²) in [5.41, 5.74) is 10.9. The molecule has 19 heavy (non-hydrogen) atoms. The molecule has 1 aliphatic rings. The molecule has 0 aliphatic heterocycles. The molecule has 2 N–H and O–H groups in total. The molecular formula is C17H26BrN. The fourth-order valence-corrected chi connectivity index (χ4v) is 4.02. The molecule has 2 atom stereocenters. The zero-order chi connectivity index (χ0) is 14.2. The number of hydrogen-bond acceptors (Lipinski definition) is 1. The molecule has 106 valence electrons. The monoisotopic (exact) mass is 323 g/mol. The first-order valence-corrected chi connectivity index (χ1v) is 8.14. The zero-order valence-electron chi connectivity index (χ0n) is 12.6. The predicted octanol–water partition coefficient (Wildman–Crippen LogP) is 5.28. The van der Waals surface area contributed by atoms with Crippen LogP contribution in [0.25, 0.3) is 0 Å². The SMILES string of the molecule is Cc1cc(C(N)C2CCCCC2(C)C)c(C)cc1Br. The van der Waals surface area contributed by atoms with Crippen molar-refractivity contribution in [3.05, 3.63) is 33.3 Å². The van der Waals surface area contributed by atoms with E-state index >= 15 is 0 Å². The van der Waals surface area contributed by atoms with Crippen molar-refractivity contribution < 1.29 is 0 Å². The number of benzene rings is 1. The zero-order valence-corrected chi connectivity index (χ0v) is 14.2. The van der Waals surface area contributed by atoms with Crippen molar-refractivity contribution in [1.29, 1.82) is 0 Å². The molecule has 1 fully saturated rings. The molecule has 0 bridgehead atoms. The van der Waals surface area contributed by atoms with Crippen molar-refractivity contribution in [2.75, 3.05) is 0 Å². The summed E-state index contributed by atoms with van der Waals surface area (Å²) in [4.78, 5) is 0. The average molecular weight is 324 g/mol. The summed E-state index contributed by atoms with van der Waals surface area (Å²) in [6.45, 7) is 9.09. The standard InChI is InChI=1S/C17H26BrN/c1-11-10-15(18)12(2)9-13(11)16(19)14-7-5-6-8-17(14,3)4/h9-10,14,16H,5-8,19H2,1-4H3. The van der Waals surface area contributed by atoms with Crippen LogP contribution >= 0.6 is 15.9 Å². The third kappa shape index (κ3) is 3.05. The molecule has 2 rings (SSSR count). The topological polar surface area (TPSA) is 26.0 Å². The summed E-state index contributed by atoms with van der Waals surface area (Å²) in [5.74, 6) is 0.598. The molecule has 0 aromatic heterocycles. The summed E-state index contributed by atoms with van der Waals surface area (Å²) in [7, 11) is 0. The van der Waals surface area contributed by atoms with Crippen LogP contribution < -0.4 is 5.73 Å². The fraction of sp³-hybridized carbons (Fsp3) is 0.647. The van der Waals surface area contributed by atoms with E-state index in [1.54, 1.807) is 0 Å². The molecule has 1 nitrogen and oxygen atoms in total. The Morgan fingerprint density at radius 3 is 2.53 bits per heavy atom. The number of rotatable bonds is 2. The maximum absolute atomic E-state index is 6.65. The Labute approximate surface area is 126 Å². The molecule has 2 unspecified atom stereocenters. The first-order chi connectivity index (χ1) is 8.83. The number of halogens is 1. The Kier molecular flexibility index (Phi) is 4.42. The molecule has 0 heterocycles. The van der Waals surface area contributed by atoms with Crippen molar-refractivity contribution in [3.63, 3.8) is 0 Å². The Morgan fingerprint density at radius 1 is 1.21 bits per heavy atom. The molecular weight excluding hydrogens is 298 g/mol. The number of nitrogens with two attached hydrogens (primary N) is 1. The van der Waals surface area contributed by atoms with Crippen LogP contribution in [0.15, 0.2) is 16.6 Å². The number of aryl methyl sites for hydroxylation is 2. The fourth-order valence-electron chi connectivity index (χ4n) is 3.57. The van der Waals surface area contributed by atoms with Crippen LogP contribution in [0, 0.1) is 25.2 Å². The van der Waals surface area contributed by atoms with Crippen LogP contribution in [0.3, 0.4) is 0 Å². The van der Waals surface area contributed by atoms with Gasteiger partial charge in [0.05, 0.1) is 0 Å². The van der Waals surface area contributed by atoms with E-state index in [0.717, 1.165) is 0 Å². The Morgan fingerprint density at radius 2 is 1.89 bits per heavy atom. The summed E-state index contributed by atoms with van der Waals surface area (Å²) >= 11 is 3.61. The van der Waals surface area contributed by atoms with Gasteiger partial charge in [-0.3, -0.25) is 0 Å². The summed E-state index contributed by atoms with van der Waals surface area (Å²) in [6.07, 6.45) is 5.26. The van der Waals surface area contributed by atoms with Gasteiger partial charge in [-0.25, -0.2) is 0 Å². The van der Waals surface area contributed by atoms with E-state index in [2.05, 4.69) is 55.8 Å². The van der Waals surface area contributed by atoms with Crippen molar-refractivity contribution in [1.82, 2.24) is 0 Å². The predicted molar refractivity (Wildman–Crippen MR) is 86.3 cm³/mol. The van der Waals surface area contributed by atoms with Gasteiger partial charge >= 0.3 is 0 Å². The third-order valence-corrected chi connectivity index (χ3v) is 5.78. The first kappa shape index (κ1) is 15.1. The summed E-state index contributed by atoms with van der Waals surface area (Å²) in [5, 5.41) is 0. The van der Waals surface area contributed by atoms with E-state index < -0.39 is 0 Å². The largest absolute Gasteiger partial charge is 0.324 e. The lowest BCUT2D eigenvalue weighted by molar-refractivity contribution is 0.112. The van der Waals surface area contributed by atoms with Gasteiger partial charge in [0.1, 0.15) is 0 Å². The lowest BCUT2D eigenvalue weighted by Crippen LogP contribution is -2.36. The summed E-state index contributed by atoms with van der Waals surface area (Å²) in [6, 6.07) is 4.65. The minimum absolute atomic E-state index is 0.169. The second kappa shape index (κ2) is 5.57. The van der Waals surface area contributed by atoms with Gasteiger partial charge in [-0.15, -0.1) is 0 Å². The van der Waals surface area contributed by atoms with Crippen LogP contribution in [0.4, 0.5) is 0 Å². The molecule has 0 spiro atoms. The Bertz CT molecular complexity index is 465. The van der Waals surface area contributed by atoms with E-state index in [1.807, 2.05) is 0 Å². The van der Waals surface area contributed by atoms with E-state index in [4.69, 9.17) is 5.73 Å². The van der Waals surface area contributed by atoms with Gasteiger partial charge in [0.25, 0.3) is 0 Å². The maximum Gasteiger partial charge on any atom is 0.0331 e. The minimum Gasteiger partial charge on any atom is -0.324 e. The van der Waals surface area contributed by atoms with Crippen LogP contribution in [-0.4, -0.2) is 0 Å². The lowest BCUT2D eigenvalue weighted by Gasteiger charge is -2.42. The van der Waals surface area contributed by atoms with Crippen LogP contribution in [0.1, 0.15) is 62.3 Å². The molecule has 2 heteroatoms. The second-order valence-corrected chi connectivity index (χ2v) is 7.68. The highest BCUT2D eigenvalue weighted by atomic mass is 79.9. The summed E-state index contributed by atoms with van der Waals surface area (Å²) < 4.78 is 1.18. The van der Waals surface area contributed by atoms with Gasteiger partial charge in [0.2, 0.25) is 0 Å². The van der Waals surface area contributed by atoms with Crippen molar-refractivity contribution in [2.24, 2.45) is 17.1 Å². The quantitative estimate of drug-likeness (QED) is 0.787. The number of hydrogen-bond donors (Lipinski definition) is 1. The molecule has 1 aromatic carbocycles. The molecule has 0 saturated heterocycles.